The van der Waals surface area contributed by atoms with Crippen molar-refractivity contribution in [1.29, 1.82) is 0 Å². The zero-order valence-corrected chi connectivity index (χ0v) is 13.1. The van der Waals surface area contributed by atoms with Gasteiger partial charge in [0, 0.05) is 12.1 Å². The van der Waals surface area contributed by atoms with Gasteiger partial charge in [-0.15, -0.1) is 17.0 Å². The SMILES string of the molecule is Br.COc1ccccc1CNCCc1ccc(F)cc1. The number of ether oxygens (including phenoxy) is 1. The van der Waals surface area contributed by atoms with Crippen LogP contribution in [0.4, 0.5) is 4.39 Å². The molecule has 2 aromatic carbocycles. The van der Waals surface area contributed by atoms with E-state index in [1.807, 2.05) is 36.4 Å². The van der Waals surface area contributed by atoms with Gasteiger partial charge in [-0.25, -0.2) is 4.39 Å². The van der Waals surface area contributed by atoms with Crippen molar-refractivity contribution in [3.8, 4) is 5.75 Å². The van der Waals surface area contributed by atoms with Gasteiger partial charge in [-0.2, -0.15) is 0 Å². The van der Waals surface area contributed by atoms with Gasteiger partial charge >= 0.3 is 0 Å². The van der Waals surface area contributed by atoms with E-state index in [4.69, 9.17) is 4.74 Å². The Balaban J connectivity index is 0.00000200. The van der Waals surface area contributed by atoms with E-state index in [1.165, 1.54) is 12.1 Å². The van der Waals surface area contributed by atoms with Crippen LogP contribution in [0, 0.1) is 5.82 Å². The average molecular weight is 340 g/mol. The molecule has 2 nitrogen and oxygen atoms in total. The number of hydrogen-bond donors (Lipinski definition) is 1. The molecule has 1 N–H and O–H groups in total. The van der Waals surface area contributed by atoms with Crippen LogP contribution in [0.1, 0.15) is 11.1 Å². The first-order valence-electron chi connectivity index (χ1n) is 6.36. The van der Waals surface area contributed by atoms with Crippen LogP contribution in [0.5, 0.6) is 5.75 Å². The Morgan fingerprint density at radius 1 is 1.05 bits per heavy atom. The molecule has 0 amide bonds. The second kappa shape index (κ2) is 8.72. The number of rotatable bonds is 6. The first kappa shape index (κ1) is 16.7. The summed E-state index contributed by atoms with van der Waals surface area (Å²) in [7, 11) is 1.68. The van der Waals surface area contributed by atoms with Gasteiger partial charge in [0.1, 0.15) is 11.6 Å². The lowest BCUT2D eigenvalue weighted by Gasteiger charge is -2.09. The maximum absolute atomic E-state index is 12.8. The maximum atomic E-state index is 12.8. The summed E-state index contributed by atoms with van der Waals surface area (Å²) in [6, 6.07) is 14.6. The van der Waals surface area contributed by atoms with Gasteiger partial charge < -0.3 is 10.1 Å². The highest BCUT2D eigenvalue weighted by Crippen LogP contribution is 2.16. The molecule has 0 aliphatic carbocycles. The highest BCUT2D eigenvalue weighted by Gasteiger charge is 2.00. The maximum Gasteiger partial charge on any atom is 0.123 e. The number of nitrogens with one attached hydrogen (secondary N) is 1. The molecule has 0 radical (unpaired) electrons. The van der Waals surface area contributed by atoms with Gasteiger partial charge in [0.05, 0.1) is 7.11 Å². The molecule has 4 heteroatoms. The quantitative estimate of drug-likeness (QED) is 0.809. The van der Waals surface area contributed by atoms with Crippen LogP contribution in [0.3, 0.4) is 0 Å². The standard InChI is InChI=1S/C16H18FNO.BrH/c1-19-16-5-3-2-4-14(16)12-18-11-10-13-6-8-15(17)9-7-13;/h2-9,18H,10-12H2,1H3;1H. The van der Waals surface area contributed by atoms with Gasteiger partial charge in [-0.1, -0.05) is 30.3 Å². The molecule has 0 aliphatic rings. The average Bonchev–Trinajstić information content (AvgIpc) is 2.46. The van der Waals surface area contributed by atoms with Crippen molar-refractivity contribution in [1.82, 2.24) is 5.32 Å². The van der Waals surface area contributed by atoms with Crippen molar-refractivity contribution >= 4 is 17.0 Å². The van der Waals surface area contributed by atoms with E-state index in [-0.39, 0.29) is 22.8 Å². The lowest BCUT2D eigenvalue weighted by molar-refractivity contribution is 0.408. The minimum atomic E-state index is -0.189. The van der Waals surface area contributed by atoms with Crippen molar-refractivity contribution in [2.24, 2.45) is 0 Å². The zero-order valence-electron chi connectivity index (χ0n) is 11.4. The minimum absolute atomic E-state index is 0. The third kappa shape index (κ3) is 4.94. The Morgan fingerprint density at radius 3 is 2.45 bits per heavy atom. The second-order valence-corrected chi connectivity index (χ2v) is 4.37. The third-order valence-corrected chi connectivity index (χ3v) is 3.01. The van der Waals surface area contributed by atoms with Crippen LogP contribution in [0.2, 0.25) is 0 Å². The number of para-hydroxylation sites is 1. The molecule has 0 fully saturated rings. The molecule has 108 valence electrons. The highest BCUT2D eigenvalue weighted by atomic mass is 79.9. The molecule has 0 bridgehead atoms. The van der Waals surface area contributed by atoms with Crippen molar-refractivity contribution in [3.63, 3.8) is 0 Å². The van der Waals surface area contributed by atoms with E-state index in [1.54, 1.807) is 7.11 Å². The molecule has 0 unspecified atom stereocenters. The van der Waals surface area contributed by atoms with Crippen LogP contribution in [0.25, 0.3) is 0 Å². The lowest BCUT2D eigenvalue weighted by Crippen LogP contribution is -2.17. The number of halogens is 2. The van der Waals surface area contributed by atoms with E-state index < -0.39 is 0 Å². The first-order valence-corrected chi connectivity index (χ1v) is 6.36. The Kier molecular flexibility index (Phi) is 7.26. The largest absolute Gasteiger partial charge is 0.496 e. The smallest absolute Gasteiger partial charge is 0.123 e. The van der Waals surface area contributed by atoms with Crippen molar-refractivity contribution in [3.05, 3.63) is 65.5 Å². The van der Waals surface area contributed by atoms with Gasteiger partial charge in [-0.3, -0.25) is 0 Å². The van der Waals surface area contributed by atoms with Crippen LogP contribution in [-0.4, -0.2) is 13.7 Å². The molecule has 2 rings (SSSR count). The Bertz CT molecular complexity index is 516. The predicted molar refractivity (Wildman–Crippen MR) is 85.1 cm³/mol. The highest BCUT2D eigenvalue weighted by molar-refractivity contribution is 8.93. The molecule has 0 aliphatic heterocycles. The summed E-state index contributed by atoms with van der Waals surface area (Å²) < 4.78 is 18.0. The van der Waals surface area contributed by atoms with Crippen molar-refractivity contribution in [2.45, 2.75) is 13.0 Å². The van der Waals surface area contributed by atoms with E-state index in [0.29, 0.717) is 0 Å². The van der Waals surface area contributed by atoms with E-state index in [0.717, 1.165) is 36.4 Å². The molecule has 20 heavy (non-hydrogen) atoms. The topological polar surface area (TPSA) is 21.3 Å². The molecule has 2 aromatic rings. The summed E-state index contributed by atoms with van der Waals surface area (Å²) in [6.45, 7) is 1.62. The zero-order chi connectivity index (χ0) is 13.5. The van der Waals surface area contributed by atoms with Crippen LogP contribution in [0.15, 0.2) is 48.5 Å². The Labute approximate surface area is 129 Å². The molecular weight excluding hydrogens is 321 g/mol. The summed E-state index contributed by atoms with van der Waals surface area (Å²) in [4.78, 5) is 0. The van der Waals surface area contributed by atoms with E-state index >= 15 is 0 Å². The molecule has 0 saturated carbocycles. The summed E-state index contributed by atoms with van der Waals surface area (Å²) in [5.74, 6) is 0.711. The fourth-order valence-corrected chi connectivity index (χ4v) is 1.96. The molecule has 0 spiro atoms. The molecule has 0 heterocycles. The summed E-state index contributed by atoms with van der Waals surface area (Å²) in [6.07, 6.45) is 0.884. The van der Waals surface area contributed by atoms with E-state index in [2.05, 4.69) is 5.32 Å². The van der Waals surface area contributed by atoms with Crippen LogP contribution >= 0.6 is 17.0 Å². The lowest BCUT2D eigenvalue weighted by atomic mass is 10.1. The Morgan fingerprint density at radius 2 is 1.75 bits per heavy atom. The van der Waals surface area contributed by atoms with Gasteiger partial charge in [0.15, 0.2) is 0 Å². The van der Waals surface area contributed by atoms with E-state index in [9.17, 15) is 4.39 Å². The molecular formula is C16H19BrFNO. The fourth-order valence-electron chi connectivity index (χ4n) is 1.96. The van der Waals surface area contributed by atoms with Crippen molar-refractivity contribution < 1.29 is 9.13 Å². The van der Waals surface area contributed by atoms with Gasteiger partial charge in [0.25, 0.3) is 0 Å². The normalized spacial score (nSPS) is 9.90. The number of benzene rings is 2. The van der Waals surface area contributed by atoms with Crippen molar-refractivity contribution in [2.75, 3.05) is 13.7 Å². The third-order valence-electron chi connectivity index (χ3n) is 3.01. The summed E-state index contributed by atoms with van der Waals surface area (Å²) in [5, 5.41) is 3.37. The first-order chi connectivity index (χ1) is 9.29. The number of methoxy groups -OCH3 is 1. The molecule has 0 aromatic heterocycles. The summed E-state index contributed by atoms with van der Waals surface area (Å²) >= 11 is 0. The monoisotopic (exact) mass is 339 g/mol. The predicted octanol–water partition coefficient (Wildman–Crippen LogP) is 3.74. The summed E-state index contributed by atoms with van der Waals surface area (Å²) in [5.41, 5.74) is 2.28. The van der Waals surface area contributed by atoms with Gasteiger partial charge in [-0.05, 0) is 36.7 Å². The second-order valence-electron chi connectivity index (χ2n) is 4.37. The fraction of sp³-hybridized carbons (Fsp3) is 0.250. The van der Waals surface area contributed by atoms with Crippen LogP contribution in [-0.2, 0) is 13.0 Å². The minimum Gasteiger partial charge on any atom is -0.496 e. The van der Waals surface area contributed by atoms with Gasteiger partial charge in [0.2, 0.25) is 0 Å². The molecule has 0 atom stereocenters. The Hall–Kier alpha value is -1.39. The molecule has 0 saturated heterocycles. The number of hydrogen-bond acceptors (Lipinski definition) is 2. The van der Waals surface area contributed by atoms with Crippen LogP contribution < -0.4 is 10.1 Å².